The van der Waals surface area contributed by atoms with Gasteiger partial charge in [0.15, 0.2) is 0 Å². The standard InChI is InChI=1S/C15H13ClN2O/c16-11-5-4-10(9-17)14(8-11)18-7-6-12-13(18)2-1-3-15(12)19/h4-8,15,19H,1-3H2. The lowest BCUT2D eigenvalue weighted by atomic mass is 9.95. The van der Waals surface area contributed by atoms with Gasteiger partial charge >= 0.3 is 0 Å². The summed E-state index contributed by atoms with van der Waals surface area (Å²) >= 11 is 6.03. The summed E-state index contributed by atoms with van der Waals surface area (Å²) in [4.78, 5) is 0. The van der Waals surface area contributed by atoms with E-state index in [2.05, 4.69) is 6.07 Å². The van der Waals surface area contributed by atoms with E-state index >= 15 is 0 Å². The fraction of sp³-hybridized carbons (Fsp3) is 0.267. The summed E-state index contributed by atoms with van der Waals surface area (Å²) in [6, 6.07) is 9.35. The Balaban J connectivity index is 2.19. The van der Waals surface area contributed by atoms with Gasteiger partial charge in [-0.25, -0.2) is 0 Å². The van der Waals surface area contributed by atoms with Crippen molar-refractivity contribution in [2.24, 2.45) is 0 Å². The molecule has 1 aromatic carbocycles. The molecule has 96 valence electrons. The number of rotatable bonds is 1. The summed E-state index contributed by atoms with van der Waals surface area (Å²) < 4.78 is 1.97. The predicted octanol–water partition coefficient (Wildman–Crippen LogP) is 3.37. The largest absolute Gasteiger partial charge is 0.388 e. The van der Waals surface area contributed by atoms with Gasteiger partial charge in [0.05, 0.1) is 17.4 Å². The van der Waals surface area contributed by atoms with Crippen molar-refractivity contribution in [3.63, 3.8) is 0 Å². The van der Waals surface area contributed by atoms with Crippen LogP contribution in [0, 0.1) is 11.3 Å². The summed E-state index contributed by atoms with van der Waals surface area (Å²) in [5.74, 6) is 0. The monoisotopic (exact) mass is 272 g/mol. The van der Waals surface area contributed by atoms with Crippen LogP contribution in [0.2, 0.25) is 5.02 Å². The van der Waals surface area contributed by atoms with E-state index in [1.807, 2.05) is 16.8 Å². The molecule has 3 nitrogen and oxygen atoms in total. The maximum absolute atomic E-state index is 10.00. The number of hydrogen-bond donors (Lipinski definition) is 1. The molecule has 1 N–H and O–H groups in total. The van der Waals surface area contributed by atoms with Crippen LogP contribution in [0.5, 0.6) is 0 Å². The van der Waals surface area contributed by atoms with E-state index < -0.39 is 6.10 Å². The van der Waals surface area contributed by atoms with E-state index in [0.29, 0.717) is 10.6 Å². The number of aliphatic hydroxyl groups is 1. The van der Waals surface area contributed by atoms with Crippen molar-refractivity contribution in [3.8, 4) is 11.8 Å². The minimum absolute atomic E-state index is 0.394. The molecule has 1 unspecified atom stereocenters. The Hall–Kier alpha value is -1.76. The normalized spacial score (nSPS) is 17.8. The summed E-state index contributed by atoms with van der Waals surface area (Å²) in [5.41, 5.74) is 3.42. The molecule has 0 bridgehead atoms. The first-order valence-corrected chi connectivity index (χ1v) is 6.66. The molecule has 2 aromatic rings. The summed E-state index contributed by atoms with van der Waals surface area (Å²) in [5, 5.41) is 19.8. The second-order valence-corrected chi connectivity index (χ2v) is 5.21. The van der Waals surface area contributed by atoms with Crippen LogP contribution in [0.3, 0.4) is 0 Å². The van der Waals surface area contributed by atoms with Gasteiger partial charge in [0.25, 0.3) is 0 Å². The first-order valence-electron chi connectivity index (χ1n) is 6.29. The van der Waals surface area contributed by atoms with Crippen molar-refractivity contribution in [1.29, 1.82) is 5.26 Å². The molecule has 0 fully saturated rings. The Morgan fingerprint density at radius 3 is 3.00 bits per heavy atom. The molecular formula is C15H13ClN2O. The van der Waals surface area contributed by atoms with Crippen LogP contribution in [0.1, 0.15) is 35.8 Å². The summed E-state index contributed by atoms with van der Waals surface area (Å²) in [6.45, 7) is 0. The summed E-state index contributed by atoms with van der Waals surface area (Å²) in [7, 11) is 0. The molecule has 1 aliphatic rings. The van der Waals surface area contributed by atoms with Gasteiger partial charge in [-0.3, -0.25) is 0 Å². The van der Waals surface area contributed by atoms with Crippen LogP contribution >= 0.6 is 11.6 Å². The third-order valence-electron chi connectivity index (χ3n) is 3.62. The highest BCUT2D eigenvalue weighted by atomic mass is 35.5. The average Bonchev–Trinajstić information content (AvgIpc) is 2.84. The molecule has 0 saturated carbocycles. The highest BCUT2D eigenvalue weighted by molar-refractivity contribution is 6.30. The number of nitriles is 1. The lowest BCUT2D eigenvalue weighted by molar-refractivity contribution is 0.156. The van der Waals surface area contributed by atoms with Gasteiger partial charge in [0.1, 0.15) is 6.07 Å². The van der Waals surface area contributed by atoms with E-state index in [-0.39, 0.29) is 0 Å². The van der Waals surface area contributed by atoms with Crippen molar-refractivity contribution in [2.45, 2.75) is 25.4 Å². The minimum Gasteiger partial charge on any atom is -0.388 e. The minimum atomic E-state index is -0.394. The fourth-order valence-corrected chi connectivity index (χ4v) is 2.86. The predicted molar refractivity (Wildman–Crippen MR) is 73.4 cm³/mol. The second kappa shape index (κ2) is 4.73. The Morgan fingerprint density at radius 2 is 2.21 bits per heavy atom. The Morgan fingerprint density at radius 1 is 1.37 bits per heavy atom. The topological polar surface area (TPSA) is 49.0 Å². The zero-order valence-electron chi connectivity index (χ0n) is 10.3. The van der Waals surface area contributed by atoms with Gasteiger partial charge in [-0.2, -0.15) is 5.26 Å². The number of halogens is 1. The second-order valence-electron chi connectivity index (χ2n) is 4.77. The van der Waals surface area contributed by atoms with Gasteiger partial charge in [0.2, 0.25) is 0 Å². The molecule has 1 heterocycles. The molecule has 4 heteroatoms. The molecule has 0 saturated heterocycles. The van der Waals surface area contributed by atoms with E-state index in [0.717, 1.165) is 36.2 Å². The number of aromatic nitrogens is 1. The SMILES string of the molecule is N#Cc1ccc(Cl)cc1-n1ccc2c1CCCC2O. The molecular weight excluding hydrogens is 260 g/mol. The Bertz CT molecular complexity index is 669. The molecule has 0 radical (unpaired) electrons. The van der Waals surface area contributed by atoms with Gasteiger partial charge in [-0.1, -0.05) is 11.6 Å². The molecule has 0 amide bonds. The summed E-state index contributed by atoms with van der Waals surface area (Å²) in [6.07, 6.45) is 4.19. The third-order valence-corrected chi connectivity index (χ3v) is 3.85. The van der Waals surface area contributed by atoms with Gasteiger partial charge in [-0.15, -0.1) is 0 Å². The number of nitrogens with zero attached hydrogens (tertiary/aromatic N) is 2. The molecule has 1 aliphatic carbocycles. The van der Waals surface area contributed by atoms with Crippen molar-refractivity contribution < 1.29 is 5.11 Å². The quantitative estimate of drug-likeness (QED) is 0.865. The fourth-order valence-electron chi connectivity index (χ4n) is 2.69. The van der Waals surface area contributed by atoms with E-state index in [9.17, 15) is 10.4 Å². The van der Waals surface area contributed by atoms with E-state index in [4.69, 9.17) is 11.6 Å². The van der Waals surface area contributed by atoms with Gasteiger partial charge < -0.3 is 9.67 Å². The van der Waals surface area contributed by atoms with Crippen LogP contribution < -0.4 is 0 Å². The smallest absolute Gasteiger partial charge is 0.101 e. The lowest BCUT2D eigenvalue weighted by Gasteiger charge is -2.20. The molecule has 3 rings (SSSR count). The third kappa shape index (κ3) is 2.03. The first-order chi connectivity index (χ1) is 9.20. The van der Waals surface area contributed by atoms with E-state index in [1.165, 1.54) is 0 Å². The Labute approximate surface area is 116 Å². The number of fused-ring (bicyclic) bond motifs is 1. The first kappa shape index (κ1) is 12.3. The number of aliphatic hydroxyl groups excluding tert-OH is 1. The van der Waals surface area contributed by atoms with Crippen molar-refractivity contribution in [1.82, 2.24) is 4.57 Å². The molecule has 0 spiro atoms. The van der Waals surface area contributed by atoms with Crippen molar-refractivity contribution in [3.05, 3.63) is 52.3 Å². The van der Waals surface area contributed by atoms with Gasteiger partial charge in [0, 0.05) is 22.5 Å². The zero-order chi connectivity index (χ0) is 13.4. The Kier molecular flexibility index (Phi) is 3.06. The molecule has 0 aliphatic heterocycles. The van der Waals surface area contributed by atoms with Crippen LogP contribution in [0.4, 0.5) is 0 Å². The van der Waals surface area contributed by atoms with Crippen LogP contribution in [-0.2, 0) is 6.42 Å². The zero-order valence-corrected chi connectivity index (χ0v) is 11.1. The highest BCUT2D eigenvalue weighted by Crippen LogP contribution is 2.33. The van der Waals surface area contributed by atoms with Crippen molar-refractivity contribution in [2.75, 3.05) is 0 Å². The van der Waals surface area contributed by atoms with E-state index in [1.54, 1.807) is 18.2 Å². The number of benzene rings is 1. The maximum atomic E-state index is 10.00. The molecule has 1 aromatic heterocycles. The number of hydrogen-bond acceptors (Lipinski definition) is 2. The molecule has 19 heavy (non-hydrogen) atoms. The van der Waals surface area contributed by atoms with Gasteiger partial charge in [-0.05, 0) is 43.5 Å². The van der Waals surface area contributed by atoms with Crippen LogP contribution in [-0.4, -0.2) is 9.67 Å². The maximum Gasteiger partial charge on any atom is 0.101 e. The van der Waals surface area contributed by atoms with Crippen LogP contribution in [0.15, 0.2) is 30.5 Å². The average molecular weight is 273 g/mol. The lowest BCUT2D eigenvalue weighted by Crippen LogP contribution is -2.11. The van der Waals surface area contributed by atoms with Crippen molar-refractivity contribution >= 4 is 11.6 Å². The van der Waals surface area contributed by atoms with Crippen LogP contribution in [0.25, 0.3) is 5.69 Å². The highest BCUT2D eigenvalue weighted by Gasteiger charge is 2.22. The molecule has 1 atom stereocenters.